The van der Waals surface area contributed by atoms with Crippen LogP contribution < -0.4 is 10.1 Å². The Balaban J connectivity index is 1.61. The highest BCUT2D eigenvalue weighted by atomic mass is 28.3. The van der Waals surface area contributed by atoms with E-state index in [1.54, 1.807) is 6.07 Å². The average molecular weight is 533 g/mol. The second kappa shape index (κ2) is 11.0. The summed E-state index contributed by atoms with van der Waals surface area (Å²) in [5.41, 5.74) is 0.464. The molecule has 9 nitrogen and oxygen atoms in total. The van der Waals surface area contributed by atoms with Gasteiger partial charge in [0.15, 0.2) is 11.6 Å². The van der Waals surface area contributed by atoms with Crippen molar-refractivity contribution >= 4 is 19.8 Å². The molecule has 0 bridgehead atoms. The first-order valence-electron chi connectivity index (χ1n) is 12.8. The van der Waals surface area contributed by atoms with Gasteiger partial charge in [-0.2, -0.15) is 5.10 Å². The minimum absolute atomic E-state index is 0.0929. The molecule has 2 aliphatic rings. The highest BCUT2D eigenvalue weighted by molar-refractivity contribution is 6.76. The minimum atomic E-state index is -1.29. The second-order valence-corrected chi connectivity index (χ2v) is 16.8. The summed E-state index contributed by atoms with van der Waals surface area (Å²) >= 11 is 0. The maximum absolute atomic E-state index is 14.9. The van der Waals surface area contributed by atoms with Crippen LogP contribution in [-0.2, 0) is 21.0 Å². The van der Waals surface area contributed by atoms with Crippen molar-refractivity contribution in [3.63, 3.8) is 0 Å². The Hall–Kier alpha value is -2.63. The van der Waals surface area contributed by atoms with Gasteiger partial charge in [-0.15, -0.1) is 0 Å². The fourth-order valence-corrected chi connectivity index (χ4v) is 6.00. The summed E-state index contributed by atoms with van der Waals surface area (Å²) < 4.78 is 32.5. The van der Waals surface area contributed by atoms with Crippen LogP contribution in [0.4, 0.5) is 4.39 Å². The van der Waals surface area contributed by atoms with E-state index in [1.807, 2.05) is 0 Å². The van der Waals surface area contributed by atoms with Gasteiger partial charge in [0.1, 0.15) is 12.4 Å². The van der Waals surface area contributed by atoms with Gasteiger partial charge in [0.05, 0.1) is 32.0 Å². The molecule has 0 aromatic carbocycles. The largest absolute Gasteiger partial charge is 0.481 e. The smallest absolute Gasteiger partial charge is 0.308 e. The van der Waals surface area contributed by atoms with Crippen molar-refractivity contribution in [3.8, 4) is 17.1 Å². The van der Waals surface area contributed by atoms with E-state index in [9.17, 15) is 14.0 Å². The molecule has 1 aliphatic heterocycles. The Morgan fingerprint density at radius 3 is 2.68 bits per heavy atom. The molecule has 3 heterocycles. The van der Waals surface area contributed by atoms with Crippen molar-refractivity contribution < 1.29 is 28.2 Å². The standard InChI is InChI=1S/C26H37FN4O5Si/c1-34-23-12-18(20(27)15-28-23)22-13-21(30-31(22)16-36-10-11-37(3,4)5)24(32)19-6-8-26(19)14-17(7-9-29-26)25(33)35-2/h12-13,15,17,19,29H,6-11,14,16H2,1-5H3. The zero-order valence-corrected chi connectivity index (χ0v) is 23.3. The van der Waals surface area contributed by atoms with Crippen LogP contribution in [0.25, 0.3) is 11.3 Å². The molecule has 11 heteroatoms. The fraction of sp³-hybridized carbons (Fsp3) is 0.615. The number of esters is 1. The summed E-state index contributed by atoms with van der Waals surface area (Å²) in [6.45, 7) is 8.10. The van der Waals surface area contributed by atoms with Crippen LogP contribution in [0.5, 0.6) is 5.88 Å². The Kier molecular flexibility index (Phi) is 8.15. The van der Waals surface area contributed by atoms with Crippen molar-refractivity contribution in [2.75, 3.05) is 27.4 Å². The molecule has 1 saturated heterocycles. The first-order valence-corrected chi connectivity index (χ1v) is 16.5. The molecule has 1 spiro atoms. The Bertz CT molecular complexity index is 1150. The highest BCUT2D eigenvalue weighted by Gasteiger charge is 2.54. The maximum Gasteiger partial charge on any atom is 0.308 e. The first-order chi connectivity index (χ1) is 17.6. The first kappa shape index (κ1) is 27.4. The molecule has 2 aromatic heterocycles. The molecule has 37 heavy (non-hydrogen) atoms. The summed E-state index contributed by atoms with van der Waals surface area (Å²) in [5.74, 6) is -1.18. The third-order valence-electron chi connectivity index (χ3n) is 7.54. The summed E-state index contributed by atoms with van der Waals surface area (Å²) in [7, 11) is 1.57. The molecule has 1 saturated carbocycles. The quantitative estimate of drug-likeness (QED) is 0.213. The van der Waals surface area contributed by atoms with E-state index in [0.717, 1.165) is 18.7 Å². The molecule has 2 aromatic rings. The van der Waals surface area contributed by atoms with Crippen molar-refractivity contribution in [3.05, 3.63) is 29.8 Å². The van der Waals surface area contributed by atoms with E-state index in [0.29, 0.717) is 38.1 Å². The molecular weight excluding hydrogens is 495 g/mol. The number of piperidine rings is 1. The van der Waals surface area contributed by atoms with Gasteiger partial charge in [0.2, 0.25) is 5.88 Å². The zero-order valence-electron chi connectivity index (χ0n) is 22.3. The maximum atomic E-state index is 14.9. The minimum Gasteiger partial charge on any atom is -0.481 e. The van der Waals surface area contributed by atoms with Gasteiger partial charge in [-0.25, -0.2) is 14.1 Å². The lowest BCUT2D eigenvalue weighted by Gasteiger charge is -2.53. The second-order valence-electron chi connectivity index (χ2n) is 11.2. The lowest BCUT2D eigenvalue weighted by Crippen LogP contribution is -2.64. The number of ketones is 1. The molecule has 4 rings (SSSR count). The van der Waals surface area contributed by atoms with Crippen LogP contribution in [0.3, 0.4) is 0 Å². The van der Waals surface area contributed by atoms with Crippen molar-refractivity contribution in [1.82, 2.24) is 20.1 Å². The number of rotatable bonds is 10. The lowest BCUT2D eigenvalue weighted by molar-refractivity contribution is -0.148. The number of Topliss-reactive ketones (excluding diaryl/α,β-unsaturated/α-hetero) is 1. The van der Waals surface area contributed by atoms with Crippen molar-refractivity contribution in [2.24, 2.45) is 11.8 Å². The van der Waals surface area contributed by atoms with Crippen LogP contribution in [0, 0.1) is 17.7 Å². The predicted octanol–water partition coefficient (Wildman–Crippen LogP) is 3.91. The van der Waals surface area contributed by atoms with Gasteiger partial charge in [0, 0.05) is 37.8 Å². The van der Waals surface area contributed by atoms with Crippen LogP contribution in [0.1, 0.15) is 36.2 Å². The van der Waals surface area contributed by atoms with Gasteiger partial charge in [0.25, 0.3) is 0 Å². The van der Waals surface area contributed by atoms with E-state index in [4.69, 9.17) is 14.2 Å². The number of carbonyl (C=O) groups is 2. The topological polar surface area (TPSA) is 105 Å². The van der Waals surface area contributed by atoms with E-state index < -0.39 is 19.4 Å². The Morgan fingerprint density at radius 2 is 2.03 bits per heavy atom. The predicted molar refractivity (Wildman–Crippen MR) is 139 cm³/mol. The van der Waals surface area contributed by atoms with Crippen LogP contribution in [0.15, 0.2) is 18.3 Å². The SMILES string of the molecule is COC(=O)C1CCNC2(CCC2C(=O)c2cc(-c3cc(OC)ncc3F)n(COCC[Si](C)(C)C)n2)C1. The molecule has 0 amide bonds. The van der Waals surface area contributed by atoms with Crippen molar-refractivity contribution in [1.29, 1.82) is 0 Å². The molecule has 0 radical (unpaired) electrons. The van der Waals surface area contributed by atoms with E-state index in [1.165, 1.54) is 25.0 Å². The molecule has 1 N–H and O–H groups in total. The Morgan fingerprint density at radius 1 is 1.24 bits per heavy atom. The van der Waals surface area contributed by atoms with Gasteiger partial charge in [-0.3, -0.25) is 9.59 Å². The highest BCUT2D eigenvalue weighted by Crippen LogP contribution is 2.47. The number of hydrogen-bond acceptors (Lipinski definition) is 8. The monoisotopic (exact) mass is 532 g/mol. The summed E-state index contributed by atoms with van der Waals surface area (Å²) in [6, 6.07) is 4.09. The summed E-state index contributed by atoms with van der Waals surface area (Å²) in [5, 5.41) is 8.08. The fourth-order valence-electron chi connectivity index (χ4n) is 5.24. The van der Waals surface area contributed by atoms with E-state index in [2.05, 4.69) is 35.0 Å². The number of nitrogens with zero attached hydrogens (tertiary/aromatic N) is 3. The average Bonchev–Trinajstić information content (AvgIpc) is 3.29. The molecule has 3 atom stereocenters. The molecular formula is C26H37FN4O5Si. The number of methoxy groups -OCH3 is 2. The van der Waals surface area contributed by atoms with Crippen LogP contribution >= 0.6 is 0 Å². The number of carbonyl (C=O) groups excluding carboxylic acids is 2. The number of pyridine rings is 1. The zero-order chi connectivity index (χ0) is 26.8. The number of aromatic nitrogens is 3. The van der Waals surface area contributed by atoms with Gasteiger partial charge in [-0.1, -0.05) is 19.6 Å². The van der Waals surface area contributed by atoms with Crippen molar-refractivity contribution in [2.45, 2.75) is 63.6 Å². The number of halogens is 1. The Labute approximate surface area is 218 Å². The summed E-state index contributed by atoms with van der Waals surface area (Å²) in [4.78, 5) is 29.8. The number of ether oxygens (including phenoxy) is 3. The normalized spacial score (nSPS) is 23.5. The molecule has 1 aliphatic carbocycles. The molecule has 2 fully saturated rings. The summed E-state index contributed by atoms with van der Waals surface area (Å²) in [6.07, 6.45) is 3.84. The number of nitrogens with one attached hydrogen (secondary N) is 1. The third kappa shape index (κ3) is 5.94. The molecule has 202 valence electrons. The van der Waals surface area contributed by atoms with Crippen LogP contribution in [-0.4, -0.2) is 67.5 Å². The lowest BCUT2D eigenvalue weighted by atomic mass is 9.59. The van der Waals surface area contributed by atoms with Crippen LogP contribution in [0.2, 0.25) is 25.7 Å². The van der Waals surface area contributed by atoms with Gasteiger partial charge >= 0.3 is 5.97 Å². The van der Waals surface area contributed by atoms with E-state index >= 15 is 0 Å². The third-order valence-corrected chi connectivity index (χ3v) is 9.24. The van der Waals surface area contributed by atoms with Gasteiger partial charge in [-0.05, 0) is 44.3 Å². The van der Waals surface area contributed by atoms with E-state index in [-0.39, 0.29) is 47.5 Å². The van der Waals surface area contributed by atoms with Gasteiger partial charge < -0.3 is 19.5 Å². The number of hydrogen-bond donors (Lipinski definition) is 1. The molecule has 3 unspecified atom stereocenters.